The van der Waals surface area contributed by atoms with Gasteiger partial charge in [0.25, 0.3) is 0 Å². The fourth-order valence-electron chi connectivity index (χ4n) is 1.21. The Bertz CT molecular complexity index is 328. The summed E-state index contributed by atoms with van der Waals surface area (Å²) in [6.45, 7) is 11.3. The summed E-state index contributed by atoms with van der Waals surface area (Å²) in [5.74, 6) is 0.836. The van der Waals surface area contributed by atoms with Gasteiger partial charge in [-0.15, -0.1) is 0 Å². The summed E-state index contributed by atoms with van der Waals surface area (Å²) in [5.41, 5.74) is 1.06. The van der Waals surface area contributed by atoms with Crippen molar-refractivity contribution in [2.75, 3.05) is 5.32 Å². The fourth-order valence-corrected chi connectivity index (χ4v) is 1.21. The van der Waals surface area contributed by atoms with Crippen LogP contribution in [0.4, 0.5) is 5.82 Å². The van der Waals surface area contributed by atoms with Crippen LogP contribution in [0.1, 0.15) is 40.3 Å². The van der Waals surface area contributed by atoms with E-state index in [-0.39, 0.29) is 5.54 Å². The maximum atomic E-state index is 4.48. The molecule has 0 saturated carbocycles. The number of anilines is 1. The highest BCUT2D eigenvalue weighted by molar-refractivity contribution is 5.32. The zero-order valence-electron chi connectivity index (χ0n) is 10.8. The molecule has 1 heterocycles. The van der Waals surface area contributed by atoms with Crippen LogP contribution >= 0.6 is 0 Å². The number of hydrogen-bond donors (Lipinski definition) is 2. The van der Waals surface area contributed by atoms with Crippen molar-refractivity contribution < 1.29 is 0 Å². The van der Waals surface area contributed by atoms with E-state index in [1.54, 1.807) is 12.4 Å². The first-order valence-electron chi connectivity index (χ1n) is 5.69. The summed E-state index contributed by atoms with van der Waals surface area (Å²) < 4.78 is 0. The van der Waals surface area contributed by atoms with Gasteiger partial charge in [-0.05, 0) is 34.6 Å². The van der Waals surface area contributed by atoms with Crippen LogP contribution in [0.25, 0.3) is 0 Å². The van der Waals surface area contributed by atoms with Crippen molar-refractivity contribution >= 4 is 5.82 Å². The normalized spacial score (nSPS) is 11.9. The molecule has 0 unspecified atom stereocenters. The largest absolute Gasteiger partial charge is 0.367 e. The smallest absolute Gasteiger partial charge is 0.145 e. The third kappa shape index (κ3) is 5.07. The molecule has 4 heteroatoms. The van der Waals surface area contributed by atoms with Gasteiger partial charge < -0.3 is 10.6 Å². The second kappa shape index (κ2) is 5.25. The summed E-state index contributed by atoms with van der Waals surface area (Å²) >= 11 is 0. The highest BCUT2D eigenvalue weighted by Gasteiger charge is 2.09. The summed E-state index contributed by atoms with van der Waals surface area (Å²) in [5, 5.41) is 6.63. The molecule has 0 aliphatic heterocycles. The van der Waals surface area contributed by atoms with Crippen molar-refractivity contribution in [3.05, 3.63) is 18.1 Å². The van der Waals surface area contributed by atoms with Crippen LogP contribution in [-0.4, -0.2) is 21.5 Å². The predicted molar refractivity (Wildman–Crippen MR) is 67.4 cm³/mol. The quantitative estimate of drug-likeness (QED) is 0.820. The lowest BCUT2D eigenvalue weighted by Crippen LogP contribution is -2.35. The summed E-state index contributed by atoms with van der Waals surface area (Å²) in [6.07, 6.45) is 3.55. The highest BCUT2D eigenvalue weighted by Crippen LogP contribution is 2.06. The van der Waals surface area contributed by atoms with Crippen molar-refractivity contribution in [2.24, 2.45) is 0 Å². The van der Waals surface area contributed by atoms with Crippen LogP contribution in [0.2, 0.25) is 0 Å². The number of hydrogen-bond acceptors (Lipinski definition) is 4. The first-order valence-corrected chi connectivity index (χ1v) is 5.69. The molecular weight excluding hydrogens is 200 g/mol. The Morgan fingerprint density at radius 2 is 1.94 bits per heavy atom. The van der Waals surface area contributed by atoms with Crippen molar-refractivity contribution in [1.82, 2.24) is 15.3 Å². The van der Waals surface area contributed by atoms with E-state index in [4.69, 9.17) is 0 Å². The molecule has 0 spiro atoms. The molecule has 0 fully saturated rings. The molecule has 90 valence electrons. The zero-order valence-corrected chi connectivity index (χ0v) is 10.8. The highest BCUT2D eigenvalue weighted by atomic mass is 15.0. The second-order valence-corrected chi connectivity index (χ2v) is 5.30. The minimum absolute atomic E-state index is 0.100. The van der Waals surface area contributed by atoms with E-state index in [1.807, 2.05) is 0 Å². The van der Waals surface area contributed by atoms with Gasteiger partial charge >= 0.3 is 0 Å². The van der Waals surface area contributed by atoms with Gasteiger partial charge in [-0.25, -0.2) is 4.98 Å². The maximum Gasteiger partial charge on any atom is 0.145 e. The van der Waals surface area contributed by atoms with Crippen LogP contribution in [0.3, 0.4) is 0 Å². The Morgan fingerprint density at radius 1 is 1.25 bits per heavy atom. The van der Waals surface area contributed by atoms with Gasteiger partial charge in [-0.2, -0.15) is 0 Å². The SMILES string of the molecule is CC(C)Nc1cncc(CNC(C)(C)C)n1. The molecule has 0 aliphatic rings. The molecule has 0 aromatic carbocycles. The zero-order chi connectivity index (χ0) is 12.2. The standard InChI is InChI=1S/C12H22N4/c1-9(2)15-11-8-13-6-10(16-11)7-14-12(3,4)5/h6,8-9,14H,7H2,1-5H3,(H,15,16). The molecule has 16 heavy (non-hydrogen) atoms. The van der Waals surface area contributed by atoms with Crippen molar-refractivity contribution in [3.63, 3.8) is 0 Å². The van der Waals surface area contributed by atoms with E-state index in [1.165, 1.54) is 0 Å². The summed E-state index contributed by atoms with van der Waals surface area (Å²) in [6, 6.07) is 0.375. The molecule has 1 aromatic heterocycles. The Labute approximate surface area is 97.9 Å². The van der Waals surface area contributed by atoms with Crippen LogP contribution in [0.15, 0.2) is 12.4 Å². The molecule has 0 atom stereocenters. The van der Waals surface area contributed by atoms with Gasteiger partial charge in [-0.1, -0.05) is 0 Å². The van der Waals surface area contributed by atoms with E-state index in [2.05, 4.69) is 55.2 Å². The molecule has 2 N–H and O–H groups in total. The minimum Gasteiger partial charge on any atom is -0.367 e. The Hall–Kier alpha value is -1.16. The van der Waals surface area contributed by atoms with E-state index in [0.29, 0.717) is 6.04 Å². The molecule has 1 aromatic rings. The first-order chi connectivity index (χ1) is 7.37. The van der Waals surface area contributed by atoms with Crippen LogP contribution < -0.4 is 10.6 Å². The lowest BCUT2D eigenvalue weighted by Gasteiger charge is -2.20. The molecule has 1 rings (SSSR count). The van der Waals surface area contributed by atoms with E-state index >= 15 is 0 Å². The average Bonchev–Trinajstić information content (AvgIpc) is 2.13. The van der Waals surface area contributed by atoms with Gasteiger partial charge in [0.2, 0.25) is 0 Å². The van der Waals surface area contributed by atoms with Gasteiger partial charge in [-0.3, -0.25) is 4.98 Å². The molecule has 0 saturated heterocycles. The molecule has 0 amide bonds. The number of aromatic nitrogens is 2. The maximum absolute atomic E-state index is 4.48. The minimum atomic E-state index is 0.100. The first kappa shape index (κ1) is 12.9. The van der Waals surface area contributed by atoms with Crippen molar-refractivity contribution in [3.8, 4) is 0 Å². The predicted octanol–water partition coefficient (Wildman–Crippen LogP) is 2.18. The third-order valence-corrected chi connectivity index (χ3v) is 1.92. The molecule has 0 bridgehead atoms. The monoisotopic (exact) mass is 222 g/mol. The lowest BCUT2D eigenvalue weighted by molar-refractivity contribution is 0.421. The van der Waals surface area contributed by atoms with Gasteiger partial charge in [0.1, 0.15) is 5.82 Å². The molecule has 0 radical (unpaired) electrons. The van der Waals surface area contributed by atoms with Crippen molar-refractivity contribution in [1.29, 1.82) is 0 Å². The van der Waals surface area contributed by atoms with Crippen LogP contribution in [-0.2, 0) is 6.54 Å². The molecule has 0 aliphatic carbocycles. The Balaban J connectivity index is 2.60. The molecule has 4 nitrogen and oxygen atoms in total. The van der Waals surface area contributed by atoms with Gasteiger partial charge in [0.15, 0.2) is 0 Å². The van der Waals surface area contributed by atoms with Gasteiger partial charge in [0, 0.05) is 24.3 Å². The second-order valence-electron chi connectivity index (χ2n) is 5.30. The Kier molecular flexibility index (Phi) is 4.24. The summed E-state index contributed by atoms with van der Waals surface area (Å²) in [4.78, 5) is 8.65. The third-order valence-electron chi connectivity index (χ3n) is 1.92. The Morgan fingerprint density at radius 3 is 2.50 bits per heavy atom. The number of rotatable bonds is 4. The summed E-state index contributed by atoms with van der Waals surface area (Å²) in [7, 11) is 0. The number of nitrogens with zero attached hydrogens (tertiary/aromatic N) is 2. The number of nitrogens with one attached hydrogen (secondary N) is 2. The fraction of sp³-hybridized carbons (Fsp3) is 0.667. The van der Waals surface area contributed by atoms with E-state index < -0.39 is 0 Å². The topological polar surface area (TPSA) is 49.8 Å². The lowest BCUT2D eigenvalue weighted by atomic mass is 10.1. The van der Waals surface area contributed by atoms with Gasteiger partial charge in [0.05, 0.1) is 11.9 Å². The van der Waals surface area contributed by atoms with Crippen LogP contribution in [0.5, 0.6) is 0 Å². The van der Waals surface area contributed by atoms with E-state index in [0.717, 1.165) is 18.1 Å². The molecular formula is C12H22N4. The van der Waals surface area contributed by atoms with E-state index in [9.17, 15) is 0 Å². The average molecular weight is 222 g/mol. The van der Waals surface area contributed by atoms with Crippen molar-refractivity contribution in [2.45, 2.75) is 52.7 Å². The van der Waals surface area contributed by atoms with Crippen LogP contribution in [0, 0.1) is 0 Å².